The van der Waals surface area contributed by atoms with Crippen LogP contribution >= 0.6 is 0 Å². The molecule has 0 atom stereocenters. The Labute approximate surface area is 153 Å². The highest BCUT2D eigenvalue weighted by Gasteiger charge is 2.24. The number of hydrogen-bond donors (Lipinski definition) is 0. The second-order valence-electron chi connectivity index (χ2n) is 6.53. The van der Waals surface area contributed by atoms with Gasteiger partial charge >= 0.3 is 6.09 Å². The Hall–Kier alpha value is -2.42. The summed E-state index contributed by atoms with van der Waals surface area (Å²) in [6.07, 6.45) is 2.92. The number of rotatable bonds is 3. The topological polar surface area (TPSA) is 82.1 Å². The van der Waals surface area contributed by atoms with Crippen molar-refractivity contribution < 1.29 is 14.3 Å². The number of piperazine rings is 2. The minimum Gasteiger partial charge on any atom is -0.450 e. The molecule has 0 spiro atoms. The van der Waals surface area contributed by atoms with E-state index >= 15 is 0 Å². The van der Waals surface area contributed by atoms with Gasteiger partial charge in [0.1, 0.15) is 11.5 Å². The van der Waals surface area contributed by atoms with Gasteiger partial charge in [-0.05, 0) is 14.0 Å². The molecule has 0 radical (unpaired) electrons. The maximum atomic E-state index is 12.5. The van der Waals surface area contributed by atoms with Gasteiger partial charge < -0.3 is 24.3 Å². The van der Waals surface area contributed by atoms with E-state index in [0.29, 0.717) is 51.6 Å². The molecule has 1 aromatic heterocycles. The zero-order valence-corrected chi connectivity index (χ0v) is 15.4. The number of likely N-dealkylation sites (N-methyl/N-ethyl adjacent to an activating group) is 1. The van der Waals surface area contributed by atoms with Gasteiger partial charge in [0.05, 0.1) is 19.0 Å². The summed E-state index contributed by atoms with van der Waals surface area (Å²) in [4.78, 5) is 40.8. The summed E-state index contributed by atoms with van der Waals surface area (Å²) < 4.78 is 5.02. The van der Waals surface area contributed by atoms with Gasteiger partial charge in [-0.15, -0.1) is 0 Å². The first-order chi connectivity index (χ1) is 12.6. The molecule has 0 aliphatic carbocycles. The van der Waals surface area contributed by atoms with E-state index < -0.39 is 0 Å². The van der Waals surface area contributed by atoms with Crippen LogP contribution in [0.25, 0.3) is 0 Å². The summed E-state index contributed by atoms with van der Waals surface area (Å²) in [6.45, 7) is 7.87. The highest BCUT2D eigenvalue weighted by atomic mass is 16.6. The Morgan fingerprint density at radius 2 is 1.62 bits per heavy atom. The van der Waals surface area contributed by atoms with Gasteiger partial charge in [0, 0.05) is 52.4 Å². The fourth-order valence-electron chi connectivity index (χ4n) is 3.10. The van der Waals surface area contributed by atoms with Crippen molar-refractivity contribution in [3.63, 3.8) is 0 Å². The number of carbonyl (C=O) groups excluding carboxylic acids is 2. The highest BCUT2D eigenvalue weighted by molar-refractivity contribution is 5.92. The van der Waals surface area contributed by atoms with Gasteiger partial charge in [-0.3, -0.25) is 4.79 Å². The lowest BCUT2D eigenvalue weighted by Crippen LogP contribution is -2.49. The van der Waals surface area contributed by atoms with E-state index in [-0.39, 0.29) is 12.0 Å². The molecule has 2 saturated heterocycles. The number of nitrogens with zero attached hydrogens (tertiary/aromatic N) is 6. The maximum Gasteiger partial charge on any atom is 0.409 e. The van der Waals surface area contributed by atoms with Gasteiger partial charge in [-0.2, -0.15) is 0 Å². The smallest absolute Gasteiger partial charge is 0.409 e. The van der Waals surface area contributed by atoms with Crippen LogP contribution in [0.3, 0.4) is 0 Å². The second-order valence-corrected chi connectivity index (χ2v) is 6.53. The molecule has 2 amide bonds. The third kappa shape index (κ3) is 4.21. The summed E-state index contributed by atoms with van der Waals surface area (Å²) in [6, 6.07) is 0. The summed E-state index contributed by atoms with van der Waals surface area (Å²) in [5, 5.41) is 0. The normalized spacial score (nSPS) is 18.8. The van der Waals surface area contributed by atoms with E-state index in [1.807, 2.05) is 4.90 Å². The van der Waals surface area contributed by atoms with Crippen LogP contribution in [0.4, 0.5) is 10.6 Å². The zero-order chi connectivity index (χ0) is 18.5. The molecule has 2 aliphatic rings. The number of anilines is 1. The van der Waals surface area contributed by atoms with Crippen LogP contribution in [0, 0.1) is 0 Å². The van der Waals surface area contributed by atoms with E-state index in [1.165, 1.54) is 0 Å². The molecule has 0 unspecified atom stereocenters. The Morgan fingerprint density at radius 1 is 0.962 bits per heavy atom. The van der Waals surface area contributed by atoms with Gasteiger partial charge in [0.25, 0.3) is 5.91 Å². The molecule has 9 heteroatoms. The first kappa shape index (κ1) is 18.4. The second kappa shape index (κ2) is 8.31. The monoisotopic (exact) mass is 362 g/mol. The summed E-state index contributed by atoms with van der Waals surface area (Å²) in [5.74, 6) is 0.660. The molecule has 142 valence electrons. The lowest BCUT2D eigenvalue weighted by molar-refractivity contribution is 0.0657. The molecule has 0 saturated carbocycles. The summed E-state index contributed by atoms with van der Waals surface area (Å²) in [7, 11) is 2.05. The van der Waals surface area contributed by atoms with E-state index in [2.05, 4.69) is 26.8 Å². The number of ether oxygens (including phenoxy) is 1. The third-order valence-electron chi connectivity index (χ3n) is 4.78. The summed E-state index contributed by atoms with van der Waals surface area (Å²) >= 11 is 0. The number of amides is 2. The maximum absolute atomic E-state index is 12.5. The quantitative estimate of drug-likeness (QED) is 0.757. The number of aromatic nitrogens is 2. The SMILES string of the molecule is CCOC(=O)N1CCN(c2cnc(C(=O)N3CCN(C)CC3)cn2)CC1. The van der Waals surface area contributed by atoms with Crippen molar-refractivity contribution in [1.82, 2.24) is 24.7 Å². The Bertz CT molecular complexity index is 622. The molecule has 2 aliphatic heterocycles. The average Bonchev–Trinajstić information content (AvgIpc) is 2.68. The fourth-order valence-corrected chi connectivity index (χ4v) is 3.10. The summed E-state index contributed by atoms with van der Waals surface area (Å²) in [5.41, 5.74) is 0.378. The van der Waals surface area contributed by atoms with E-state index in [9.17, 15) is 9.59 Å². The highest BCUT2D eigenvalue weighted by Crippen LogP contribution is 2.14. The Morgan fingerprint density at radius 3 is 2.19 bits per heavy atom. The van der Waals surface area contributed by atoms with Crippen molar-refractivity contribution in [3.05, 3.63) is 18.1 Å². The molecule has 26 heavy (non-hydrogen) atoms. The fraction of sp³-hybridized carbons (Fsp3) is 0.647. The van der Waals surface area contributed by atoms with Crippen molar-refractivity contribution in [2.75, 3.05) is 70.9 Å². The predicted octanol–water partition coefficient (Wildman–Crippen LogP) is 0.143. The third-order valence-corrected chi connectivity index (χ3v) is 4.78. The molecule has 2 fully saturated rings. The standard InChI is InChI=1S/C17H26N6O3/c1-3-26-17(25)23-10-8-21(9-11-23)15-13-18-14(12-19-15)16(24)22-6-4-20(2)5-7-22/h12-13H,3-11H2,1-2H3. The van der Waals surface area contributed by atoms with Crippen LogP contribution < -0.4 is 4.90 Å². The van der Waals surface area contributed by atoms with E-state index in [4.69, 9.17) is 4.74 Å². The van der Waals surface area contributed by atoms with Gasteiger partial charge in [-0.1, -0.05) is 0 Å². The molecule has 9 nitrogen and oxygen atoms in total. The van der Waals surface area contributed by atoms with Crippen LogP contribution in [0.5, 0.6) is 0 Å². The first-order valence-electron chi connectivity index (χ1n) is 9.05. The van der Waals surface area contributed by atoms with Crippen molar-refractivity contribution in [2.24, 2.45) is 0 Å². The van der Waals surface area contributed by atoms with Crippen LogP contribution in [0.2, 0.25) is 0 Å². The largest absolute Gasteiger partial charge is 0.450 e. The van der Waals surface area contributed by atoms with Crippen molar-refractivity contribution in [1.29, 1.82) is 0 Å². The van der Waals surface area contributed by atoms with Crippen molar-refractivity contribution >= 4 is 17.8 Å². The molecule has 0 bridgehead atoms. The first-order valence-corrected chi connectivity index (χ1v) is 9.05. The van der Waals surface area contributed by atoms with Gasteiger partial charge in [0.15, 0.2) is 0 Å². The molecule has 3 heterocycles. The van der Waals surface area contributed by atoms with Crippen LogP contribution in [0.1, 0.15) is 17.4 Å². The molecular weight excluding hydrogens is 336 g/mol. The van der Waals surface area contributed by atoms with Gasteiger partial charge in [-0.25, -0.2) is 14.8 Å². The average molecular weight is 362 g/mol. The molecule has 3 rings (SSSR count). The minimum atomic E-state index is -0.272. The van der Waals surface area contributed by atoms with Crippen LogP contribution in [0.15, 0.2) is 12.4 Å². The Kier molecular flexibility index (Phi) is 5.87. The molecule has 1 aromatic rings. The van der Waals surface area contributed by atoms with Gasteiger partial charge in [0.2, 0.25) is 0 Å². The number of hydrogen-bond acceptors (Lipinski definition) is 7. The molecule has 0 aromatic carbocycles. The zero-order valence-electron chi connectivity index (χ0n) is 15.4. The van der Waals surface area contributed by atoms with E-state index in [1.54, 1.807) is 24.2 Å². The molecule has 0 N–H and O–H groups in total. The lowest BCUT2D eigenvalue weighted by Gasteiger charge is -2.34. The van der Waals surface area contributed by atoms with Crippen molar-refractivity contribution in [2.45, 2.75) is 6.92 Å². The minimum absolute atomic E-state index is 0.0655. The molecular formula is C17H26N6O3. The lowest BCUT2D eigenvalue weighted by atomic mass is 10.3. The van der Waals surface area contributed by atoms with Crippen LogP contribution in [-0.4, -0.2) is 103 Å². The number of carbonyl (C=O) groups is 2. The van der Waals surface area contributed by atoms with E-state index in [0.717, 1.165) is 18.9 Å². The van der Waals surface area contributed by atoms with Crippen molar-refractivity contribution in [3.8, 4) is 0 Å². The predicted molar refractivity (Wildman–Crippen MR) is 96.2 cm³/mol. The van der Waals surface area contributed by atoms with Crippen LogP contribution in [-0.2, 0) is 4.74 Å². The Balaban J connectivity index is 1.55.